The standard InChI is InChI=1S/C24H26O7/c1-13(25)30-12-21(28)24(29)22(31-14(2)26)11-20-19-6-4-15-10-16(27)5-7-17(15)18(19)8-9-23(20,24)3/h4-7,10,20,22,27,29H,8-9,11-12H2,1-3H3/t20-,22+,23-,24+/m0/s1. The minimum absolute atomic E-state index is 0.189. The largest absolute Gasteiger partial charge is 0.508 e. The fourth-order valence-electron chi connectivity index (χ4n) is 5.61. The third kappa shape index (κ3) is 3.19. The van der Waals surface area contributed by atoms with Crippen LogP contribution in [0.5, 0.6) is 5.75 Å². The zero-order chi connectivity index (χ0) is 22.6. The monoisotopic (exact) mass is 426 g/mol. The molecule has 0 amide bonds. The van der Waals surface area contributed by atoms with Crippen molar-refractivity contribution in [1.29, 1.82) is 0 Å². The molecule has 2 aromatic rings. The molecule has 164 valence electrons. The van der Waals surface area contributed by atoms with Crippen LogP contribution in [0, 0.1) is 5.41 Å². The van der Waals surface area contributed by atoms with Crippen LogP contribution in [0.1, 0.15) is 50.7 Å². The average Bonchev–Trinajstić information content (AvgIpc) is 2.93. The van der Waals surface area contributed by atoms with E-state index >= 15 is 0 Å². The number of hydrogen-bond donors (Lipinski definition) is 2. The Labute approximate surface area is 180 Å². The van der Waals surface area contributed by atoms with Gasteiger partial charge in [-0.2, -0.15) is 0 Å². The molecule has 0 radical (unpaired) electrons. The quantitative estimate of drug-likeness (QED) is 0.724. The number of benzene rings is 2. The molecule has 4 rings (SSSR count). The maximum Gasteiger partial charge on any atom is 0.303 e. The number of aliphatic hydroxyl groups is 1. The number of fused-ring (bicyclic) bond motifs is 5. The minimum Gasteiger partial charge on any atom is -0.508 e. The number of aryl methyl sites for hydroxylation is 1. The number of rotatable bonds is 4. The van der Waals surface area contributed by atoms with Crippen molar-refractivity contribution >= 4 is 28.5 Å². The van der Waals surface area contributed by atoms with Crippen molar-refractivity contribution in [3.63, 3.8) is 0 Å². The van der Waals surface area contributed by atoms with E-state index in [9.17, 15) is 24.6 Å². The Morgan fingerprint density at radius 2 is 1.87 bits per heavy atom. The Bertz CT molecular complexity index is 1090. The second-order valence-electron chi connectivity index (χ2n) is 8.81. The van der Waals surface area contributed by atoms with Crippen LogP contribution in [0.3, 0.4) is 0 Å². The molecule has 0 aliphatic heterocycles. The summed E-state index contributed by atoms with van der Waals surface area (Å²) in [4.78, 5) is 36.2. The molecule has 31 heavy (non-hydrogen) atoms. The lowest BCUT2D eigenvalue weighted by Crippen LogP contribution is -2.59. The summed E-state index contributed by atoms with van der Waals surface area (Å²) in [5.74, 6) is -1.91. The van der Waals surface area contributed by atoms with Gasteiger partial charge in [0.15, 0.2) is 12.2 Å². The number of esters is 2. The van der Waals surface area contributed by atoms with Gasteiger partial charge in [-0.3, -0.25) is 14.4 Å². The van der Waals surface area contributed by atoms with E-state index in [1.54, 1.807) is 12.1 Å². The van der Waals surface area contributed by atoms with Gasteiger partial charge in [0.25, 0.3) is 0 Å². The number of ketones is 1. The number of hydrogen-bond acceptors (Lipinski definition) is 7. The average molecular weight is 426 g/mol. The summed E-state index contributed by atoms with van der Waals surface area (Å²) in [5, 5.41) is 23.5. The predicted octanol–water partition coefficient (Wildman–Crippen LogP) is 2.78. The maximum absolute atomic E-state index is 13.1. The van der Waals surface area contributed by atoms with Crippen molar-refractivity contribution in [2.24, 2.45) is 5.41 Å². The Hall–Kier alpha value is -2.93. The van der Waals surface area contributed by atoms with Crippen LogP contribution in [0.15, 0.2) is 30.3 Å². The van der Waals surface area contributed by atoms with E-state index in [1.165, 1.54) is 13.8 Å². The third-order valence-corrected chi connectivity index (χ3v) is 7.12. The molecule has 2 N–H and O–H groups in total. The van der Waals surface area contributed by atoms with Gasteiger partial charge in [0, 0.05) is 19.3 Å². The first kappa shape index (κ1) is 21.3. The number of phenolic OH excluding ortho intramolecular Hbond substituents is 1. The highest BCUT2D eigenvalue weighted by Crippen LogP contribution is 2.62. The fourth-order valence-corrected chi connectivity index (χ4v) is 5.61. The summed E-state index contributed by atoms with van der Waals surface area (Å²) in [7, 11) is 0. The zero-order valence-electron chi connectivity index (χ0n) is 17.8. The van der Waals surface area contributed by atoms with Crippen LogP contribution in [0.4, 0.5) is 0 Å². The zero-order valence-corrected chi connectivity index (χ0v) is 17.8. The highest BCUT2D eigenvalue weighted by molar-refractivity contribution is 5.93. The SMILES string of the molecule is CC(=O)OCC(=O)[C@@]1(O)[C@H](OC(C)=O)C[C@H]2c3ccc4cc(O)ccc4c3CC[C@@]21C. The van der Waals surface area contributed by atoms with Crippen molar-refractivity contribution in [3.8, 4) is 5.75 Å². The van der Waals surface area contributed by atoms with E-state index < -0.39 is 41.4 Å². The van der Waals surface area contributed by atoms with Crippen LogP contribution < -0.4 is 0 Å². The van der Waals surface area contributed by atoms with Gasteiger partial charge in [-0.15, -0.1) is 0 Å². The number of phenols is 1. The molecule has 1 fully saturated rings. The molecular weight excluding hydrogens is 400 g/mol. The van der Waals surface area contributed by atoms with E-state index in [-0.39, 0.29) is 18.1 Å². The molecule has 0 bridgehead atoms. The molecular formula is C24H26O7. The van der Waals surface area contributed by atoms with Gasteiger partial charge in [0.2, 0.25) is 5.78 Å². The lowest BCUT2D eigenvalue weighted by atomic mass is 9.60. The molecule has 0 saturated heterocycles. The van der Waals surface area contributed by atoms with Gasteiger partial charge >= 0.3 is 11.9 Å². The molecule has 2 aliphatic carbocycles. The first-order chi connectivity index (χ1) is 14.6. The third-order valence-electron chi connectivity index (χ3n) is 7.12. The molecule has 7 heteroatoms. The van der Waals surface area contributed by atoms with Gasteiger partial charge in [-0.1, -0.05) is 25.1 Å². The van der Waals surface area contributed by atoms with Gasteiger partial charge in [-0.05, 0) is 59.2 Å². The number of carbonyl (C=O) groups is 3. The maximum atomic E-state index is 13.1. The predicted molar refractivity (Wildman–Crippen MR) is 112 cm³/mol. The Morgan fingerprint density at radius 3 is 2.55 bits per heavy atom. The summed E-state index contributed by atoms with van der Waals surface area (Å²) in [5.41, 5.74) is -0.763. The Morgan fingerprint density at radius 1 is 1.13 bits per heavy atom. The van der Waals surface area contributed by atoms with Gasteiger partial charge in [0.05, 0.1) is 0 Å². The van der Waals surface area contributed by atoms with Crippen LogP contribution >= 0.6 is 0 Å². The second-order valence-corrected chi connectivity index (χ2v) is 8.81. The van der Waals surface area contributed by atoms with Crippen molar-refractivity contribution in [2.45, 2.75) is 57.7 Å². The van der Waals surface area contributed by atoms with E-state index in [0.717, 1.165) is 21.9 Å². The lowest BCUT2D eigenvalue weighted by Gasteiger charge is -2.46. The summed E-state index contributed by atoms with van der Waals surface area (Å²) in [6, 6.07) is 9.11. The van der Waals surface area contributed by atoms with Crippen molar-refractivity contribution in [1.82, 2.24) is 0 Å². The van der Waals surface area contributed by atoms with Crippen LogP contribution in [-0.4, -0.2) is 46.2 Å². The molecule has 0 heterocycles. The van der Waals surface area contributed by atoms with Crippen LogP contribution in [0.25, 0.3) is 10.8 Å². The number of Topliss-reactive ketones (excluding diaryl/α,β-unsaturated/α-hetero) is 1. The van der Waals surface area contributed by atoms with Crippen LogP contribution in [0.2, 0.25) is 0 Å². The van der Waals surface area contributed by atoms with Crippen molar-refractivity contribution in [2.75, 3.05) is 6.61 Å². The molecule has 4 atom stereocenters. The summed E-state index contributed by atoms with van der Waals surface area (Å²) >= 11 is 0. The lowest BCUT2D eigenvalue weighted by molar-refractivity contribution is -0.183. The van der Waals surface area contributed by atoms with Crippen molar-refractivity contribution < 1.29 is 34.1 Å². The van der Waals surface area contributed by atoms with Gasteiger partial charge < -0.3 is 19.7 Å². The second kappa shape index (κ2) is 7.34. The van der Waals surface area contributed by atoms with E-state index in [0.29, 0.717) is 12.8 Å². The van der Waals surface area contributed by atoms with E-state index in [1.807, 2.05) is 25.1 Å². The normalized spacial score (nSPS) is 29.2. The van der Waals surface area contributed by atoms with E-state index in [2.05, 4.69) is 0 Å². The minimum atomic E-state index is -1.97. The number of aromatic hydroxyl groups is 1. The van der Waals surface area contributed by atoms with Crippen molar-refractivity contribution in [3.05, 3.63) is 41.5 Å². The highest BCUT2D eigenvalue weighted by Gasteiger charge is 2.68. The Balaban J connectivity index is 1.81. The first-order valence-electron chi connectivity index (χ1n) is 10.4. The topological polar surface area (TPSA) is 110 Å². The van der Waals surface area contributed by atoms with Gasteiger partial charge in [-0.25, -0.2) is 0 Å². The molecule has 2 aromatic carbocycles. The van der Waals surface area contributed by atoms with Gasteiger partial charge in [0.1, 0.15) is 11.9 Å². The molecule has 0 aromatic heterocycles. The molecule has 0 spiro atoms. The summed E-state index contributed by atoms with van der Waals surface area (Å²) in [6.45, 7) is 3.71. The first-order valence-corrected chi connectivity index (χ1v) is 10.4. The summed E-state index contributed by atoms with van der Waals surface area (Å²) in [6.07, 6.45) is 0.352. The molecule has 2 aliphatic rings. The fraction of sp³-hybridized carbons (Fsp3) is 0.458. The Kier molecular flexibility index (Phi) is 5.04. The number of ether oxygens (including phenoxy) is 2. The smallest absolute Gasteiger partial charge is 0.303 e. The van der Waals surface area contributed by atoms with E-state index in [4.69, 9.17) is 9.47 Å². The summed E-state index contributed by atoms with van der Waals surface area (Å²) < 4.78 is 10.3. The molecule has 1 saturated carbocycles. The van der Waals surface area contributed by atoms with Crippen LogP contribution in [-0.2, 0) is 30.3 Å². The number of carbonyl (C=O) groups excluding carboxylic acids is 3. The molecule has 0 unspecified atom stereocenters. The highest BCUT2D eigenvalue weighted by atomic mass is 16.6. The molecule has 7 nitrogen and oxygen atoms in total.